The molecule has 0 atom stereocenters. The molecule has 120 valence electrons. The first kappa shape index (κ1) is 16.1. The van der Waals surface area contributed by atoms with Crippen molar-refractivity contribution < 1.29 is 13.2 Å². The summed E-state index contributed by atoms with van der Waals surface area (Å²) in [6.45, 7) is 0.325. The van der Waals surface area contributed by atoms with E-state index in [0.717, 1.165) is 16.3 Å². The molecule has 24 heavy (non-hydrogen) atoms. The van der Waals surface area contributed by atoms with Crippen molar-refractivity contribution in [2.75, 3.05) is 0 Å². The minimum atomic E-state index is -3.94. The van der Waals surface area contributed by atoms with Crippen molar-refractivity contribution in [3.63, 3.8) is 0 Å². The minimum absolute atomic E-state index is 0.0562. The first-order valence-corrected chi connectivity index (χ1v) is 8.80. The molecule has 0 aliphatic heterocycles. The van der Waals surface area contributed by atoms with Crippen LogP contribution >= 0.6 is 0 Å². The third-order valence-electron chi connectivity index (χ3n) is 3.81. The number of nitrogens with two attached hydrogens (primary N) is 1. The second kappa shape index (κ2) is 6.37. The van der Waals surface area contributed by atoms with E-state index in [1.165, 1.54) is 12.1 Å². The highest BCUT2D eigenvalue weighted by atomic mass is 32.2. The smallest absolute Gasteiger partial charge is 0.360 e. The van der Waals surface area contributed by atoms with Crippen molar-refractivity contribution in [1.82, 2.24) is 0 Å². The summed E-state index contributed by atoms with van der Waals surface area (Å²) in [5.41, 5.74) is 16.0. The highest BCUT2D eigenvalue weighted by Crippen LogP contribution is 2.21. The zero-order chi connectivity index (χ0) is 17.2. The number of hydrogen-bond acceptors (Lipinski definition) is 3. The van der Waals surface area contributed by atoms with Crippen molar-refractivity contribution in [2.24, 2.45) is 5.73 Å². The first-order chi connectivity index (χ1) is 11.6. The summed E-state index contributed by atoms with van der Waals surface area (Å²) in [5.74, 6) is 0. The minimum Gasteiger partial charge on any atom is -0.360 e. The molecule has 3 aromatic rings. The van der Waals surface area contributed by atoms with Crippen LogP contribution in [0.5, 0.6) is 0 Å². The Hall–Kier alpha value is -2.79. The Morgan fingerprint density at radius 3 is 2.25 bits per heavy atom. The number of fused-ring (bicyclic) bond motifs is 1. The van der Waals surface area contributed by atoms with E-state index in [9.17, 15) is 13.9 Å². The number of sulfone groups is 1. The van der Waals surface area contributed by atoms with E-state index < -0.39 is 9.84 Å². The topological polar surface area (TPSA) is 96.6 Å². The van der Waals surface area contributed by atoms with Gasteiger partial charge in [-0.25, -0.2) is 8.42 Å². The predicted octanol–water partition coefficient (Wildman–Crippen LogP) is 2.75. The molecule has 3 rings (SSSR count). The maximum absolute atomic E-state index is 12.8. The van der Waals surface area contributed by atoms with Gasteiger partial charge in [0.15, 0.2) is 0 Å². The van der Waals surface area contributed by atoms with Crippen LogP contribution in [0.15, 0.2) is 71.6 Å². The molecule has 0 saturated carbocycles. The number of rotatable bonds is 3. The zero-order valence-electron chi connectivity index (χ0n) is 12.8. The zero-order valence-corrected chi connectivity index (χ0v) is 13.6. The summed E-state index contributed by atoms with van der Waals surface area (Å²) in [6, 6.07) is 18.9. The Morgan fingerprint density at radius 2 is 1.62 bits per heavy atom. The Bertz CT molecular complexity index is 1050. The summed E-state index contributed by atoms with van der Waals surface area (Å²) < 4.78 is 25.6. The third-order valence-corrected chi connectivity index (χ3v) is 5.53. The van der Waals surface area contributed by atoms with Crippen LogP contribution in [-0.4, -0.2) is 18.3 Å². The second-order valence-corrected chi connectivity index (χ2v) is 7.18. The summed E-state index contributed by atoms with van der Waals surface area (Å²) in [7, 11) is -3.94. The van der Waals surface area contributed by atoms with Gasteiger partial charge in [0.1, 0.15) is 0 Å². The van der Waals surface area contributed by atoms with Gasteiger partial charge in [-0.15, -0.1) is 0 Å². The van der Waals surface area contributed by atoms with Gasteiger partial charge in [-0.2, -0.15) is 4.79 Å². The van der Waals surface area contributed by atoms with E-state index in [1.54, 1.807) is 30.3 Å². The molecular weight excluding hydrogens is 322 g/mol. The van der Waals surface area contributed by atoms with Crippen LogP contribution in [0.2, 0.25) is 0 Å². The van der Waals surface area contributed by atoms with Crippen molar-refractivity contribution in [2.45, 2.75) is 11.4 Å². The third kappa shape index (κ3) is 2.86. The van der Waals surface area contributed by atoms with Gasteiger partial charge < -0.3 is 11.3 Å². The standard InChI is InChI=1S/C18H15N3O2S/c19-12-13-5-9-17(10-6-13)24(22,23)18(21-20)16-8-7-14-3-1-2-4-15(14)11-16/h1-11H,12,19H2. The van der Waals surface area contributed by atoms with Gasteiger partial charge in [-0.05, 0) is 40.6 Å². The predicted molar refractivity (Wildman–Crippen MR) is 93.2 cm³/mol. The lowest BCUT2D eigenvalue weighted by Gasteiger charge is -2.04. The molecule has 5 nitrogen and oxygen atoms in total. The normalized spacial score (nSPS) is 11.2. The van der Waals surface area contributed by atoms with Gasteiger partial charge in [0, 0.05) is 6.54 Å². The average molecular weight is 337 g/mol. The molecule has 0 heterocycles. The summed E-state index contributed by atoms with van der Waals surface area (Å²) >= 11 is 0. The van der Waals surface area contributed by atoms with Crippen LogP contribution < -0.4 is 5.73 Å². The van der Waals surface area contributed by atoms with Gasteiger partial charge >= 0.3 is 5.04 Å². The van der Waals surface area contributed by atoms with Gasteiger partial charge in [-0.3, -0.25) is 0 Å². The molecule has 0 radical (unpaired) electrons. The van der Waals surface area contributed by atoms with Crippen LogP contribution in [0.4, 0.5) is 0 Å². The fourth-order valence-electron chi connectivity index (χ4n) is 2.51. The van der Waals surface area contributed by atoms with E-state index in [4.69, 9.17) is 5.73 Å². The summed E-state index contributed by atoms with van der Waals surface area (Å²) in [4.78, 5) is 3.12. The maximum Gasteiger partial charge on any atom is 0.416 e. The Kier molecular flexibility index (Phi) is 4.27. The second-order valence-electron chi connectivity index (χ2n) is 5.32. The molecule has 0 aliphatic carbocycles. The largest absolute Gasteiger partial charge is 0.416 e. The highest BCUT2D eigenvalue weighted by molar-refractivity contribution is 8.06. The Morgan fingerprint density at radius 1 is 0.958 bits per heavy atom. The van der Waals surface area contributed by atoms with Crippen molar-refractivity contribution in [3.8, 4) is 0 Å². The number of benzene rings is 3. The maximum atomic E-state index is 12.8. The molecule has 0 aromatic heterocycles. The Balaban J connectivity index is 2.10. The highest BCUT2D eigenvalue weighted by Gasteiger charge is 2.32. The van der Waals surface area contributed by atoms with Crippen LogP contribution in [0.3, 0.4) is 0 Å². The molecule has 3 aromatic carbocycles. The molecular formula is C18H15N3O2S. The van der Waals surface area contributed by atoms with E-state index >= 15 is 0 Å². The Labute approximate surface area is 139 Å². The molecule has 0 amide bonds. The molecule has 2 N–H and O–H groups in total. The van der Waals surface area contributed by atoms with E-state index in [1.807, 2.05) is 24.3 Å². The van der Waals surface area contributed by atoms with Crippen molar-refractivity contribution >= 4 is 25.7 Å². The van der Waals surface area contributed by atoms with Crippen LogP contribution in [0.25, 0.3) is 16.3 Å². The van der Waals surface area contributed by atoms with Crippen LogP contribution in [-0.2, 0) is 16.4 Å². The van der Waals surface area contributed by atoms with E-state index in [2.05, 4.69) is 4.79 Å². The SMILES string of the molecule is [N-]=[N+]=C(c1ccc2ccccc2c1)S(=O)(=O)c1ccc(CN)cc1. The molecule has 0 bridgehead atoms. The fraction of sp³-hybridized carbons (Fsp3) is 0.0556. The lowest BCUT2D eigenvalue weighted by molar-refractivity contribution is 0.000612. The molecule has 0 unspecified atom stereocenters. The fourth-order valence-corrected chi connectivity index (χ4v) is 3.77. The van der Waals surface area contributed by atoms with Crippen molar-refractivity contribution in [1.29, 1.82) is 0 Å². The van der Waals surface area contributed by atoms with Gasteiger partial charge in [0.2, 0.25) is 0 Å². The molecule has 6 heteroatoms. The van der Waals surface area contributed by atoms with E-state index in [-0.39, 0.29) is 9.94 Å². The van der Waals surface area contributed by atoms with Crippen molar-refractivity contribution in [3.05, 3.63) is 83.4 Å². The lowest BCUT2D eigenvalue weighted by Crippen LogP contribution is -2.17. The molecule has 0 fully saturated rings. The van der Waals surface area contributed by atoms with E-state index in [0.29, 0.717) is 12.1 Å². The lowest BCUT2D eigenvalue weighted by atomic mass is 10.1. The summed E-state index contributed by atoms with van der Waals surface area (Å²) in [6.07, 6.45) is 0. The number of nitrogens with zero attached hydrogens (tertiary/aromatic N) is 2. The first-order valence-electron chi connectivity index (χ1n) is 7.31. The molecule has 0 aliphatic rings. The average Bonchev–Trinajstić information content (AvgIpc) is 2.62. The van der Waals surface area contributed by atoms with Gasteiger partial charge in [-0.1, -0.05) is 42.5 Å². The quantitative estimate of drug-likeness (QED) is 0.344. The van der Waals surface area contributed by atoms with Gasteiger partial charge in [0.05, 0.1) is 10.5 Å². The van der Waals surface area contributed by atoms with Crippen LogP contribution in [0, 0.1) is 0 Å². The molecule has 0 spiro atoms. The monoisotopic (exact) mass is 337 g/mol. The number of hydrogen-bond donors (Lipinski definition) is 1. The van der Waals surface area contributed by atoms with Gasteiger partial charge in [0.25, 0.3) is 9.84 Å². The summed E-state index contributed by atoms with van der Waals surface area (Å²) in [5, 5.41) is 1.46. The molecule has 0 saturated heterocycles. The van der Waals surface area contributed by atoms with Crippen LogP contribution in [0.1, 0.15) is 11.1 Å².